The van der Waals surface area contributed by atoms with Crippen molar-refractivity contribution in [2.24, 2.45) is 0 Å². The summed E-state index contributed by atoms with van der Waals surface area (Å²) in [6.07, 6.45) is 0. The van der Waals surface area contributed by atoms with Crippen molar-refractivity contribution in [3.8, 4) is 0 Å². The van der Waals surface area contributed by atoms with Gasteiger partial charge in [0, 0.05) is 0 Å². The van der Waals surface area contributed by atoms with Crippen molar-refractivity contribution in [3.63, 3.8) is 0 Å². The predicted octanol–water partition coefficient (Wildman–Crippen LogP) is 7.94. The first-order valence-electron chi connectivity index (χ1n) is 6.29. The molecule has 1 aromatic carbocycles. The molecule has 0 aliphatic rings. The highest BCUT2D eigenvalue weighted by Crippen LogP contribution is 3.21. The summed E-state index contributed by atoms with van der Waals surface area (Å²) in [4.78, 5) is -5.64. The summed E-state index contributed by atoms with van der Waals surface area (Å²) in [5.74, 6) is -12.3. The van der Waals surface area contributed by atoms with E-state index >= 15 is 0 Å². The number of benzene rings is 1. The van der Waals surface area contributed by atoms with Crippen molar-refractivity contribution in [1.29, 1.82) is 0 Å². The second kappa shape index (κ2) is 5.76. The van der Waals surface area contributed by atoms with E-state index in [0.717, 1.165) is 0 Å². The Morgan fingerprint density at radius 2 is 0.667 bits per heavy atom. The van der Waals surface area contributed by atoms with Gasteiger partial charge in [-0.2, -0.15) is 65.9 Å². The summed E-state index contributed by atoms with van der Waals surface area (Å²) in [5, 5.41) is 0. The molecule has 0 aromatic heterocycles. The molecule has 0 N–H and O–H groups in total. The van der Waals surface area contributed by atoms with Gasteiger partial charge in [-0.15, -0.1) is 0 Å². The summed E-state index contributed by atoms with van der Waals surface area (Å²) in [6.45, 7) is 0. The molecular formula is C11H2F18S. The van der Waals surface area contributed by atoms with Crippen molar-refractivity contribution in [2.45, 2.75) is 32.4 Å². The Morgan fingerprint density at radius 1 is 0.433 bits per heavy atom. The molecule has 0 radical (unpaired) electrons. The zero-order valence-corrected chi connectivity index (χ0v) is 13.7. The predicted molar refractivity (Wildman–Crippen MR) is 62.4 cm³/mol. The lowest BCUT2D eigenvalue weighted by Crippen LogP contribution is -2.79. The Balaban J connectivity index is 5.36. The molecule has 0 bridgehead atoms. The minimum atomic E-state index is -14.4. The van der Waals surface area contributed by atoms with Crippen LogP contribution in [0.1, 0.15) is 0 Å². The van der Waals surface area contributed by atoms with Gasteiger partial charge in [-0.3, -0.25) is 0 Å². The molecule has 0 spiro atoms. The third-order valence-electron chi connectivity index (χ3n) is 4.41. The van der Waals surface area contributed by atoms with E-state index in [1.165, 1.54) is 0 Å². The van der Waals surface area contributed by atoms with Crippen molar-refractivity contribution < 1.29 is 79.0 Å². The quantitative estimate of drug-likeness (QED) is 0.267. The molecule has 178 valence electrons. The number of halogens is 18. The molecule has 0 aliphatic carbocycles. The lowest BCUT2D eigenvalue weighted by molar-refractivity contribution is -0.210. The Hall–Kier alpha value is -1.69. The van der Waals surface area contributed by atoms with Crippen molar-refractivity contribution in [1.82, 2.24) is 0 Å². The van der Waals surface area contributed by atoms with E-state index in [-0.39, 0.29) is 0 Å². The van der Waals surface area contributed by atoms with Crippen LogP contribution >= 0.6 is 8.29 Å². The first-order valence-corrected chi connectivity index (χ1v) is 8.74. The Labute approximate surface area is 150 Å². The molecule has 0 amide bonds. The topological polar surface area (TPSA) is 0 Å². The van der Waals surface area contributed by atoms with E-state index in [1.807, 2.05) is 0 Å². The fourth-order valence-corrected chi connectivity index (χ4v) is 7.75. The Morgan fingerprint density at radius 3 is 0.900 bits per heavy atom. The normalized spacial score (nSPS) is 17.5. The highest BCUT2D eigenvalue weighted by atomic mass is 32.4. The van der Waals surface area contributed by atoms with Gasteiger partial charge in [-0.25, -0.2) is 13.2 Å². The molecule has 19 heteroatoms. The smallest absolute Gasteiger partial charge is 0.206 e. The molecular weight excluding hydrogens is 506 g/mol. The first-order chi connectivity index (χ1) is 12.8. The second-order valence-electron chi connectivity index (χ2n) is 5.43. The average Bonchev–Trinajstić information content (AvgIpc) is 2.40. The van der Waals surface area contributed by atoms with Gasteiger partial charge in [-0.05, 0) is 12.1 Å². The van der Waals surface area contributed by atoms with Crippen LogP contribution in [0.5, 0.6) is 0 Å². The van der Waals surface area contributed by atoms with E-state index in [2.05, 4.69) is 0 Å². The summed E-state index contributed by atoms with van der Waals surface area (Å²) >= 11 is 0. The van der Waals surface area contributed by atoms with Gasteiger partial charge in [0.25, 0.3) is 0 Å². The maximum absolute atomic E-state index is 14.4. The standard InChI is InChI=1S/C11H2F18S/c12-3-1-2-4(13)6(5(3)14)30(7(15,16)17,8(18,19)20,9(21,22)23,10(24,25)26)11(27,28)29/h1-2H. The highest BCUT2D eigenvalue weighted by Gasteiger charge is 3.22. The molecule has 1 aromatic rings. The molecule has 0 unspecified atom stereocenters. The summed E-state index contributed by atoms with van der Waals surface area (Å²) in [7, 11) is -14.4. The van der Waals surface area contributed by atoms with Crippen LogP contribution in [0.25, 0.3) is 0 Å². The number of hydrogen-bond acceptors (Lipinski definition) is 0. The monoisotopic (exact) mass is 508 g/mol. The van der Waals surface area contributed by atoms with E-state index in [9.17, 15) is 79.0 Å². The SMILES string of the molecule is Fc1ccc(F)c(S(C(F)(F)F)(C(F)(F)F)(C(F)(F)F)(C(F)(F)F)C(F)(F)F)c1F. The molecule has 0 atom stereocenters. The molecule has 0 heterocycles. The lowest BCUT2D eigenvalue weighted by atomic mass is 10.3. The van der Waals surface area contributed by atoms with Crippen LogP contribution < -0.4 is 0 Å². The molecule has 0 nitrogen and oxygen atoms in total. The number of rotatable bonds is 1. The third kappa shape index (κ3) is 1.68. The fourth-order valence-electron chi connectivity index (χ4n) is 2.87. The maximum Gasteiger partial charge on any atom is 0.445 e. The van der Waals surface area contributed by atoms with Crippen molar-refractivity contribution >= 4 is 8.29 Å². The minimum absolute atomic E-state index is 0.915. The van der Waals surface area contributed by atoms with Crippen LogP contribution in [0.4, 0.5) is 79.0 Å². The number of hydrogen-bond donors (Lipinski definition) is 0. The lowest BCUT2D eigenvalue weighted by Gasteiger charge is -2.75. The molecule has 0 saturated carbocycles. The van der Waals surface area contributed by atoms with Crippen LogP contribution in [0.3, 0.4) is 0 Å². The van der Waals surface area contributed by atoms with Gasteiger partial charge < -0.3 is 0 Å². The fraction of sp³-hybridized carbons (Fsp3) is 0.455. The van der Waals surface area contributed by atoms with Gasteiger partial charge in [0.2, 0.25) is 0 Å². The van der Waals surface area contributed by atoms with Crippen LogP contribution in [0.2, 0.25) is 0 Å². The van der Waals surface area contributed by atoms with Gasteiger partial charge in [0.15, 0.2) is 19.9 Å². The number of alkyl halides is 15. The van der Waals surface area contributed by atoms with Gasteiger partial charge in [-0.1, -0.05) is 0 Å². The zero-order valence-electron chi connectivity index (χ0n) is 12.9. The third-order valence-corrected chi connectivity index (χ3v) is 11.6. The maximum atomic E-state index is 13.8. The summed E-state index contributed by atoms with van der Waals surface area (Å²) < 4.78 is 244. The average molecular weight is 508 g/mol. The van der Waals surface area contributed by atoms with Gasteiger partial charge >= 0.3 is 27.5 Å². The molecule has 0 saturated heterocycles. The van der Waals surface area contributed by atoms with Crippen LogP contribution in [-0.4, -0.2) is 27.5 Å². The highest BCUT2D eigenvalue weighted by molar-refractivity contribution is 8.67. The van der Waals surface area contributed by atoms with E-state index < -0.39 is 70.3 Å². The Bertz CT molecular complexity index is 752. The Kier molecular flexibility index (Phi) is 5.05. The van der Waals surface area contributed by atoms with Crippen LogP contribution in [0, 0.1) is 17.5 Å². The second-order valence-corrected chi connectivity index (χ2v) is 11.2. The van der Waals surface area contributed by atoms with Gasteiger partial charge in [0.1, 0.15) is 5.82 Å². The molecule has 30 heavy (non-hydrogen) atoms. The van der Waals surface area contributed by atoms with Gasteiger partial charge in [0.05, 0.1) is 4.90 Å². The molecule has 0 fully saturated rings. The van der Waals surface area contributed by atoms with E-state index in [1.54, 1.807) is 0 Å². The van der Waals surface area contributed by atoms with Crippen LogP contribution in [-0.2, 0) is 0 Å². The minimum Gasteiger partial charge on any atom is -0.206 e. The van der Waals surface area contributed by atoms with E-state index in [4.69, 9.17) is 0 Å². The van der Waals surface area contributed by atoms with Crippen molar-refractivity contribution in [3.05, 3.63) is 29.6 Å². The van der Waals surface area contributed by atoms with Crippen LogP contribution in [0.15, 0.2) is 17.0 Å². The molecule has 1 rings (SSSR count). The van der Waals surface area contributed by atoms with Crippen molar-refractivity contribution in [2.75, 3.05) is 0 Å². The zero-order chi connectivity index (χ0) is 24.6. The summed E-state index contributed by atoms with van der Waals surface area (Å²) in [5.41, 5.74) is -48.0. The first kappa shape index (κ1) is 26.3. The largest absolute Gasteiger partial charge is 0.445 e. The van der Waals surface area contributed by atoms with E-state index in [0.29, 0.717) is 0 Å². The summed E-state index contributed by atoms with van der Waals surface area (Å²) in [6, 6.07) is -2.28. The molecule has 0 aliphatic heterocycles.